The molecule has 0 aliphatic carbocycles. The number of hydrogen-bond acceptors (Lipinski definition) is 6. The zero-order valence-corrected chi connectivity index (χ0v) is 8.69. The Hall–Kier alpha value is -1.27. The monoisotopic (exact) mass is 216 g/mol. The third kappa shape index (κ3) is 5.24. The maximum Gasteiger partial charge on any atom is 0.382 e. The fraction of sp³-hybridized carbons (Fsp3) is 0.667. The van der Waals surface area contributed by atoms with Crippen LogP contribution in [0.25, 0.3) is 0 Å². The SMILES string of the molecule is CCC(=O)C(=O)OC(=O)[C@H](N)CCCN. The molecule has 0 fully saturated rings. The first kappa shape index (κ1) is 13.7. The largest absolute Gasteiger partial charge is 0.386 e. The number of hydrogen-bond donors (Lipinski definition) is 2. The predicted octanol–water partition coefficient (Wildman–Crippen LogP) is -0.898. The van der Waals surface area contributed by atoms with Gasteiger partial charge in [-0.05, 0) is 19.4 Å². The Balaban J connectivity index is 4.01. The molecule has 0 saturated carbocycles. The van der Waals surface area contributed by atoms with E-state index in [2.05, 4.69) is 4.74 Å². The predicted molar refractivity (Wildman–Crippen MR) is 52.7 cm³/mol. The van der Waals surface area contributed by atoms with Crippen molar-refractivity contribution in [1.29, 1.82) is 0 Å². The van der Waals surface area contributed by atoms with Gasteiger partial charge in [-0.2, -0.15) is 0 Å². The van der Waals surface area contributed by atoms with Crippen LogP contribution in [-0.4, -0.2) is 30.3 Å². The normalized spacial score (nSPS) is 11.9. The van der Waals surface area contributed by atoms with E-state index in [4.69, 9.17) is 11.5 Å². The zero-order chi connectivity index (χ0) is 11.8. The fourth-order valence-electron chi connectivity index (χ4n) is 0.824. The minimum absolute atomic E-state index is 0.00412. The molecule has 0 aromatic carbocycles. The highest BCUT2D eigenvalue weighted by atomic mass is 16.6. The third-order valence-electron chi connectivity index (χ3n) is 1.76. The number of esters is 2. The average molecular weight is 216 g/mol. The van der Waals surface area contributed by atoms with Crippen molar-refractivity contribution in [1.82, 2.24) is 0 Å². The van der Waals surface area contributed by atoms with Crippen LogP contribution in [0.15, 0.2) is 0 Å². The molecule has 0 aliphatic rings. The maximum absolute atomic E-state index is 11.1. The third-order valence-corrected chi connectivity index (χ3v) is 1.76. The highest BCUT2D eigenvalue weighted by Gasteiger charge is 2.21. The van der Waals surface area contributed by atoms with E-state index in [-0.39, 0.29) is 6.42 Å². The fourth-order valence-corrected chi connectivity index (χ4v) is 0.824. The van der Waals surface area contributed by atoms with Gasteiger partial charge in [0.15, 0.2) is 0 Å². The van der Waals surface area contributed by atoms with Gasteiger partial charge in [0, 0.05) is 6.42 Å². The van der Waals surface area contributed by atoms with Gasteiger partial charge in [0.1, 0.15) is 6.04 Å². The molecule has 0 amide bonds. The molecule has 0 aliphatic heterocycles. The number of ketones is 1. The first-order chi connectivity index (χ1) is 7.02. The van der Waals surface area contributed by atoms with Gasteiger partial charge in [-0.15, -0.1) is 0 Å². The Bertz CT molecular complexity index is 252. The van der Waals surface area contributed by atoms with E-state index in [0.717, 1.165) is 0 Å². The Morgan fingerprint density at radius 3 is 2.40 bits per heavy atom. The molecule has 0 saturated heterocycles. The molecule has 6 nitrogen and oxygen atoms in total. The second kappa shape index (κ2) is 7.08. The Kier molecular flexibility index (Phi) is 6.48. The van der Waals surface area contributed by atoms with E-state index >= 15 is 0 Å². The number of carbonyl (C=O) groups is 3. The van der Waals surface area contributed by atoms with Crippen LogP contribution < -0.4 is 11.5 Å². The Morgan fingerprint density at radius 2 is 1.93 bits per heavy atom. The van der Waals surface area contributed by atoms with Crippen LogP contribution in [0.4, 0.5) is 0 Å². The molecule has 0 aromatic rings. The second-order valence-corrected chi connectivity index (χ2v) is 3.02. The van der Waals surface area contributed by atoms with Crippen LogP contribution in [0.3, 0.4) is 0 Å². The number of carbonyl (C=O) groups excluding carboxylic acids is 3. The molecule has 0 aromatic heterocycles. The van der Waals surface area contributed by atoms with Crippen LogP contribution in [-0.2, 0) is 19.1 Å². The first-order valence-corrected chi connectivity index (χ1v) is 4.77. The van der Waals surface area contributed by atoms with E-state index in [1.165, 1.54) is 6.92 Å². The van der Waals surface area contributed by atoms with Crippen LogP contribution in [0.2, 0.25) is 0 Å². The summed E-state index contributed by atoms with van der Waals surface area (Å²) in [7, 11) is 0. The van der Waals surface area contributed by atoms with Crippen molar-refractivity contribution in [3.63, 3.8) is 0 Å². The molecule has 0 unspecified atom stereocenters. The highest BCUT2D eigenvalue weighted by Crippen LogP contribution is 1.97. The maximum atomic E-state index is 11.1. The molecule has 86 valence electrons. The smallest absolute Gasteiger partial charge is 0.382 e. The van der Waals surface area contributed by atoms with Gasteiger partial charge in [-0.1, -0.05) is 6.92 Å². The number of nitrogens with two attached hydrogens (primary N) is 2. The average Bonchev–Trinajstić information content (AvgIpc) is 2.24. The molecule has 0 bridgehead atoms. The van der Waals surface area contributed by atoms with Gasteiger partial charge in [-0.3, -0.25) is 4.79 Å². The van der Waals surface area contributed by atoms with E-state index in [9.17, 15) is 14.4 Å². The van der Waals surface area contributed by atoms with Crippen molar-refractivity contribution in [2.24, 2.45) is 11.5 Å². The molecular weight excluding hydrogens is 200 g/mol. The van der Waals surface area contributed by atoms with Gasteiger partial charge in [0.25, 0.3) is 0 Å². The van der Waals surface area contributed by atoms with Crippen molar-refractivity contribution in [2.45, 2.75) is 32.2 Å². The molecule has 15 heavy (non-hydrogen) atoms. The summed E-state index contributed by atoms with van der Waals surface area (Å²) < 4.78 is 4.27. The van der Waals surface area contributed by atoms with Crippen LogP contribution in [0, 0.1) is 0 Å². The quantitative estimate of drug-likeness (QED) is 0.338. The van der Waals surface area contributed by atoms with E-state index in [1.807, 2.05) is 0 Å². The molecular formula is C9H16N2O4. The topological polar surface area (TPSA) is 112 Å². The van der Waals surface area contributed by atoms with Gasteiger partial charge in [0.2, 0.25) is 5.78 Å². The summed E-state index contributed by atoms with van der Waals surface area (Å²) >= 11 is 0. The highest BCUT2D eigenvalue weighted by molar-refractivity contribution is 6.35. The summed E-state index contributed by atoms with van der Waals surface area (Å²) in [5.74, 6) is -2.77. The summed E-state index contributed by atoms with van der Waals surface area (Å²) in [4.78, 5) is 32.8. The van der Waals surface area contributed by atoms with E-state index in [1.54, 1.807) is 0 Å². The van der Waals surface area contributed by atoms with Crippen LogP contribution in [0.5, 0.6) is 0 Å². The summed E-state index contributed by atoms with van der Waals surface area (Å²) in [6, 6.07) is -0.901. The Morgan fingerprint density at radius 1 is 1.33 bits per heavy atom. The summed E-state index contributed by atoms with van der Waals surface area (Å²) in [5.41, 5.74) is 10.6. The van der Waals surface area contributed by atoms with Gasteiger partial charge in [0.05, 0.1) is 0 Å². The minimum atomic E-state index is -1.15. The number of rotatable bonds is 6. The summed E-state index contributed by atoms with van der Waals surface area (Å²) in [5, 5.41) is 0. The minimum Gasteiger partial charge on any atom is -0.386 e. The number of Topliss-reactive ketones (excluding diaryl/α,β-unsaturated/α-hetero) is 1. The molecule has 4 N–H and O–H groups in total. The summed E-state index contributed by atoms with van der Waals surface area (Å²) in [6.45, 7) is 1.91. The van der Waals surface area contributed by atoms with Crippen molar-refractivity contribution in [3.05, 3.63) is 0 Å². The number of ether oxygens (including phenoxy) is 1. The van der Waals surface area contributed by atoms with Gasteiger partial charge in [-0.25, -0.2) is 9.59 Å². The van der Waals surface area contributed by atoms with Crippen LogP contribution >= 0.6 is 0 Å². The van der Waals surface area contributed by atoms with E-state index < -0.39 is 23.8 Å². The van der Waals surface area contributed by atoms with Gasteiger partial charge >= 0.3 is 11.9 Å². The second-order valence-electron chi connectivity index (χ2n) is 3.02. The van der Waals surface area contributed by atoms with Crippen molar-refractivity contribution < 1.29 is 19.1 Å². The standard InChI is InChI=1S/C9H16N2O4/c1-2-7(12)9(14)15-8(13)6(11)4-3-5-10/h6H,2-5,10-11H2,1H3/t6-/m1/s1. The van der Waals surface area contributed by atoms with Gasteiger partial charge < -0.3 is 16.2 Å². The van der Waals surface area contributed by atoms with Crippen molar-refractivity contribution in [2.75, 3.05) is 6.54 Å². The van der Waals surface area contributed by atoms with E-state index in [0.29, 0.717) is 19.4 Å². The summed E-state index contributed by atoms with van der Waals surface area (Å²) in [6.07, 6.45) is 0.902. The van der Waals surface area contributed by atoms with Crippen molar-refractivity contribution >= 4 is 17.7 Å². The molecule has 6 heteroatoms. The Labute approximate surface area is 87.9 Å². The molecule has 1 atom stereocenters. The van der Waals surface area contributed by atoms with Crippen molar-refractivity contribution in [3.8, 4) is 0 Å². The first-order valence-electron chi connectivity index (χ1n) is 4.77. The lowest BCUT2D eigenvalue weighted by Crippen LogP contribution is -2.35. The lowest BCUT2D eigenvalue weighted by Gasteiger charge is -2.08. The zero-order valence-electron chi connectivity index (χ0n) is 8.69. The molecule has 0 spiro atoms. The lowest BCUT2D eigenvalue weighted by atomic mass is 10.2. The molecule has 0 radical (unpaired) electrons. The lowest BCUT2D eigenvalue weighted by molar-refractivity contribution is -0.165. The van der Waals surface area contributed by atoms with Crippen LogP contribution in [0.1, 0.15) is 26.2 Å². The molecule has 0 heterocycles. The molecule has 0 rings (SSSR count).